The van der Waals surface area contributed by atoms with Crippen molar-refractivity contribution in [1.82, 2.24) is 20.6 Å². The van der Waals surface area contributed by atoms with Crippen molar-refractivity contribution in [3.63, 3.8) is 0 Å². The van der Waals surface area contributed by atoms with E-state index in [1.807, 2.05) is 18.4 Å². The number of imidazole rings is 1. The second-order valence-electron chi connectivity index (χ2n) is 4.53. The van der Waals surface area contributed by atoms with Gasteiger partial charge in [0.15, 0.2) is 0 Å². The highest BCUT2D eigenvalue weighted by Gasteiger charge is 2.20. The number of nitrogens with zero attached hydrogens (tertiary/aromatic N) is 1. The van der Waals surface area contributed by atoms with E-state index in [1.54, 1.807) is 11.3 Å². The van der Waals surface area contributed by atoms with Crippen LogP contribution >= 0.6 is 11.3 Å². The number of hydrogen-bond donors (Lipinski definition) is 4. The smallest absolute Gasteiger partial charge is 0.326 e. The molecule has 112 valence electrons. The van der Waals surface area contributed by atoms with Gasteiger partial charge in [0.05, 0.1) is 12.9 Å². The summed E-state index contributed by atoms with van der Waals surface area (Å²) in [5.41, 5.74) is 1.75. The molecule has 7 nitrogen and oxygen atoms in total. The Balaban J connectivity index is 1.86. The molecule has 4 N–H and O–H groups in total. The molecule has 1 atom stereocenters. The zero-order valence-electron chi connectivity index (χ0n) is 11.4. The molecule has 0 fully saturated rings. The van der Waals surface area contributed by atoms with Crippen molar-refractivity contribution in [3.05, 3.63) is 40.1 Å². The SMILES string of the molecule is Cc1ccsc1CNC(=O)NC(Cc1cnc[nH]1)C(=O)O. The predicted molar refractivity (Wildman–Crippen MR) is 78.1 cm³/mol. The Hall–Kier alpha value is -2.35. The number of rotatable bonds is 6. The summed E-state index contributed by atoms with van der Waals surface area (Å²) in [4.78, 5) is 30.6. The third-order valence-electron chi connectivity index (χ3n) is 2.96. The second kappa shape index (κ2) is 6.89. The monoisotopic (exact) mass is 308 g/mol. The fraction of sp³-hybridized carbons (Fsp3) is 0.308. The molecule has 2 rings (SSSR count). The van der Waals surface area contributed by atoms with Crippen molar-refractivity contribution < 1.29 is 14.7 Å². The van der Waals surface area contributed by atoms with Gasteiger partial charge in [0.2, 0.25) is 0 Å². The molecule has 0 radical (unpaired) electrons. The zero-order valence-corrected chi connectivity index (χ0v) is 12.2. The number of carboxylic acids is 1. The Morgan fingerprint density at radius 1 is 1.52 bits per heavy atom. The van der Waals surface area contributed by atoms with E-state index >= 15 is 0 Å². The van der Waals surface area contributed by atoms with Crippen molar-refractivity contribution in [2.24, 2.45) is 0 Å². The Morgan fingerprint density at radius 2 is 2.33 bits per heavy atom. The fourth-order valence-electron chi connectivity index (χ4n) is 1.77. The van der Waals surface area contributed by atoms with E-state index in [0.717, 1.165) is 10.4 Å². The highest BCUT2D eigenvalue weighted by Crippen LogP contribution is 2.14. The summed E-state index contributed by atoms with van der Waals surface area (Å²) in [6.45, 7) is 2.34. The topological polar surface area (TPSA) is 107 Å². The van der Waals surface area contributed by atoms with E-state index in [-0.39, 0.29) is 6.42 Å². The number of urea groups is 1. The van der Waals surface area contributed by atoms with Gasteiger partial charge in [-0.05, 0) is 23.9 Å². The predicted octanol–water partition coefficient (Wildman–Crippen LogP) is 1.27. The van der Waals surface area contributed by atoms with Gasteiger partial charge in [0, 0.05) is 23.2 Å². The molecule has 0 aliphatic carbocycles. The summed E-state index contributed by atoms with van der Waals surface area (Å²) < 4.78 is 0. The number of hydrogen-bond acceptors (Lipinski definition) is 4. The molecule has 2 heterocycles. The molecule has 0 aromatic carbocycles. The van der Waals surface area contributed by atoms with Crippen molar-refractivity contribution in [3.8, 4) is 0 Å². The van der Waals surface area contributed by atoms with Crippen LogP contribution in [-0.4, -0.2) is 33.1 Å². The Kier molecular flexibility index (Phi) is 4.94. The molecule has 0 spiro atoms. The van der Waals surface area contributed by atoms with Gasteiger partial charge in [-0.25, -0.2) is 14.6 Å². The number of aromatic nitrogens is 2. The summed E-state index contributed by atoms with van der Waals surface area (Å²) in [5.74, 6) is -1.09. The van der Waals surface area contributed by atoms with E-state index in [9.17, 15) is 9.59 Å². The minimum absolute atomic E-state index is 0.154. The number of thiophene rings is 1. The van der Waals surface area contributed by atoms with Gasteiger partial charge >= 0.3 is 12.0 Å². The lowest BCUT2D eigenvalue weighted by Crippen LogP contribution is -2.46. The number of aliphatic carboxylic acids is 1. The molecule has 0 saturated carbocycles. The van der Waals surface area contributed by atoms with Crippen LogP contribution in [0.3, 0.4) is 0 Å². The first kappa shape index (κ1) is 15.0. The van der Waals surface area contributed by atoms with E-state index in [4.69, 9.17) is 5.11 Å². The van der Waals surface area contributed by atoms with Crippen LogP contribution in [-0.2, 0) is 17.8 Å². The molecule has 2 aromatic heterocycles. The molecule has 21 heavy (non-hydrogen) atoms. The first-order valence-corrected chi connectivity index (χ1v) is 7.21. The number of H-pyrrole nitrogens is 1. The molecule has 2 amide bonds. The minimum atomic E-state index is -1.09. The Labute approximate surface area is 125 Å². The van der Waals surface area contributed by atoms with Crippen LogP contribution in [0.1, 0.15) is 16.1 Å². The van der Waals surface area contributed by atoms with Gasteiger partial charge in [0.25, 0.3) is 0 Å². The third-order valence-corrected chi connectivity index (χ3v) is 3.98. The van der Waals surface area contributed by atoms with Gasteiger partial charge in [-0.1, -0.05) is 0 Å². The van der Waals surface area contributed by atoms with Gasteiger partial charge in [-0.3, -0.25) is 0 Å². The normalized spacial score (nSPS) is 11.9. The molecule has 1 unspecified atom stereocenters. The molecular formula is C13H16N4O3S. The molecule has 0 aliphatic rings. The van der Waals surface area contributed by atoms with Gasteiger partial charge in [0.1, 0.15) is 6.04 Å². The number of carbonyl (C=O) groups is 2. The van der Waals surface area contributed by atoms with Crippen LogP contribution in [0.5, 0.6) is 0 Å². The number of carboxylic acid groups (broad SMARTS) is 1. The summed E-state index contributed by atoms with van der Waals surface area (Å²) in [6, 6.07) is 0.460. The lowest BCUT2D eigenvalue weighted by Gasteiger charge is -2.14. The summed E-state index contributed by atoms with van der Waals surface area (Å²) in [6.07, 6.45) is 3.15. The van der Waals surface area contributed by atoms with Crippen LogP contribution in [0, 0.1) is 6.92 Å². The Bertz CT molecular complexity index is 609. The average Bonchev–Trinajstić information content (AvgIpc) is 3.07. The molecule has 0 aliphatic heterocycles. The van der Waals surface area contributed by atoms with Crippen LogP contribution in [0.4, 0.5) is 4.79 Å². The first-order chi connectivity index (χ1) is 10.1. The highest BCUT2D eigenvalue weighted by molar-refractivity contribution is 7.10. The maximum Gasteiger partial charge on any atom is 0.326 e. The Morgan fingerprint density at radius 3 is 2.90 bits per heavy atom. The standard InChI is InChI=1S/C13H16N4O3S/c1-8-2-3-21-11(8)6-15-13(20)17-10(12(18)19)4-9-5-14-7-16-9/h2-3,5,7,10H,4,6H2,1H3,(H,14,16)(H,18,19)(H2,15,17,20). The van der Waals surface area contributed by atoms with E-state index in [0.29, 0.717) is 12.2 Å². The third kappa shape index (κ3) is 4.32. The van der Waals surface area contributed by atoms with Crippen molar-refractivity contribution in [2.75, 3.05) is 0 Å². The first-order valence-electron chi connectivity index (χ1n) is 6.33. The molecule has 0 saturated heterocycles. The summed E-state index contributed by atoms with van der Waals surface area (Å²) in [5, 5.41) is 16.2. The number of nitrogens with one attached hydrogen (secondary N) is 3. The minimum Gasteiger partial charge on any atom is -0.480 e. The van der Waals surface area contributed by atoms with Gasteiger partial charge in [-0.2, -0.15) is 0 Å². The lowest BCUT2D eigenvalue weighted by atomic mass is 10.2. The largest absolute Gasteiger partial charge is 0.480 e. The van der Waals surface area contributed by atoms with E-state index in [1.165, 1.54) is 12.5 Å². The van der Waals surface area contributed by atoms with Crippen LogP contribution < -0.4 is 10.6 Å². The summed E-state index contributed by atoms with van der Waals surface area (Å²) in [7, 11) is 0. The summed E-state index contributed by atoms with van der Waals surface area (Å²) >= 11 is 1.55. The maximum absolute atomic E-state index is 11.8. The molecule has 0 bridgehead atoms. The lowest BCUT2D eigenvalue weighted by molar-refractivity contribution is -0.139. The number of amides is 2. The zero-order chi connectivity index (χ0) is 15.2. The van der Waals surface area contributed by atoms with Crippen LogP contribution in [0.25, 0.3) is 0 Å². The van der Waals surface area contributed by atoms with Gasteiger partial charge in [-0.15, -0.1) is 11.3 Å². The number of aryl methyl sites for hydroxylation is 1. The van der Waals surface area contributed by atoms with E-state index in [2.05, 4.69) is 20.6 Å². The molecule has 8 heteroatoms. The second-order valence-corrected chi connectivity index (χ2v) is 5.53. The van der Waals surface area contributed by atoms with E-state index < -0.39 is 18.0 Å². The molecule has 2 aromatic rings. The number of aromatic amines is 1. The van der Waals surface area contributed by atoms with Crippen molar-refractivity contribution >= 4 is 23.3 Å². The highest BCUT2D eigenvalue weighted by atomic mass is 32.1. The van der Waals surface area contributed by atoms with Crippen molar-refractivity contribution in [2.45, 2.75) is 25.9 Å². The van der Waals surface area contributed by atoms with Crippen molar-refractivity contribution in [1.29, 1.82) is 0 Å². The fourth-order valence-corrected chi connectivity index (χ4v) is 2.62. The quantitative estimate of drug-likeness (QED) is 0.644. The van der Waals surface area contributed by atoms with Gasteiger partial charge < -0.3 is 20.7 Å². The molecular weight excluding hydrogens is 292 g/mol. The van der Waals surface area contributed by atoms with Crippen LogP contribution in [0.2, 0.25) is 0 Å². The maximum atomic E-state index is 11.8. The average molecular weight is 308 g/mol. The number of carbonyl (C=O) groups excluding carboxylic acids is 1. The van der Waals surface area contributed by atoms with Crippen LogP contribution in [0.15, 0.2) is 24.0 Å².